The van der Waals surface area contributed by atoms with Crippen LogP contribution >= 0.6 is 0 Å². The third kappa shape index (κ3) is 3.77. The summed E-state index contributed by atoms with van der Waals surface area (Å²) in [5.41, 5.74) is -0.284. The maximum Gasteiger partial charge on any atom is 0.303 e. The Bertz CT molecular complexity index is 835. The Kier molecular flexibility index (Phi) is 5.82. The van der Waals surface area contributed by atoms with Gasteiger partial charge in [-0.05, 0) is 49.5 Å². The molecule has 3 rings (SSSR count). The number of fused-ring (bicyclic) bond motifs is 2. The van der Waals surface area contributed by atoms with E-state index in [1.165, 1.54) is 13.8 Å². The van der Waals surface area contributed by atoms with Gasteiger partial charge in [-0.15, -0.1) is 0 Å². The standard InChI is InChI=1S/C24H32O6/c1-13-16-7-8-20(27)24(6)19(23(4,5)10-9-21(24)30-15(3)26)12-18(29-14(2)25)17(11-16)22(13)28/h11,16,18-19,21H,1,7-10,12H2,2-6H3. The van der Waals surface area contributed by atoms with Crippen molar-refractivity contribution in [3.8, 4) is 0 Å². The summed E-state index contributed by atoms with van der Waals surface area (Å²) >= 11 is 0. The van der Waals surface area contributed by atoms with Crippen molar-refractivity contribution < 1.29 is 28.7 Å². The molecule has 6 heteroatoms. The fourth-order valence-corrected chi connectivity index (χ4v) is 5.80. The van der Waals surface area contributed by atoms with E-state index >= 15 is 0 Å². The third-order valence-corrected chi connectivity index (χ3v) is 7.47. The molecule has 0 heterocycles. The zero-order valence-electron chi connectivity index (χ0n) is 18.6. The molecule has 1 fully saturated rings. The Labute approximate surface area is 178 Å². The van der Waals surface area contributed by atoms with E-state index in [2.05, 4.69) is 20.4 Å². The van der Waals surface area contributed by atoms with Crippen molar-refractivity contribution in [3.63, 3.8) is 0 Å². The second-order valence-electron chi connectivity index (χ2n) is 9.84. The van der Waals surface area contributed by atoms with Crippen molar-refractivity contribution in [2.45, 2.75) is 78.9 Å². The van der Waals surface area contributed by atoms with Gasteiger partial charge in [-0.3, -0.25) is 19.2 Å². The molecule has 3 aliphatic rings. The second kappa shape index (κ2) is 7.78. The van der Waals surface area contributed by atoms with Gasteiger partial charge in [0.15, 0.2) is 5.78 Å². The summed E-state index contributed by atoms with van der Waals surface area (Å²) in [6, 6.07) is 0. The van der Waals surface area contributed by atoms with E-state index < -0.39 is 29.6 Å². The molecule has 0 aliphatic heterocycles. The van der Waals surface area contributed by atoms with Crippen molar-refractivity contribution in [1.82, 2.24) is 0 Å². The van der Waals surface area contributed by atoms with E-state index in [-0.39, 0.29) is 35.2 Å². The molecule has 3 aliphatic carbocycles. The van der Waals surface area contributed by atoms with Gasteiger partial charge >= 0.3 is 11.9 Å². The number of allylic oxidation sites excluding steroid dienone is 2. The summed E-state index contributed by atoms with van der Waals surface area (Å²) in [4.78, 5) is 50.2. The summed E-state index contributed by atoms with van der Waals surface area (Å²) in [6.45, 7) is 12.7. The first-order chi connectivity index (χ1) is 13.9. The molecule has 164 valence electrons. The van der Waals surface area contributed by atoms with Crippen LogP contribution in [0.25, 0.3) is 0 Å². The Balaban J connectivity index is 2.13. The smallest absolute Gasteiger partial charge is 0.303 e. The summed E-state index contributed by atoms with van der Waals surface area (Å²) in [7, 11) is 0. The molecule has 0 aromatic carbocycles. The highest BCUT2D eigenvalue weighted by molar-refractivity contribution is 6.12. The van der Waals surface area contributed by atoms with Crippen LogP contribution in [0, 0.1) is 22.7 Å². The first-order valence-corrected chi connectivity index (χ1v) is 10.7. The average Bonchev–Trinajstić information content (AvgIpc) is 2.91. The van der Waals surface area contributed by atoms with Crippen molar-refractivity contribution in [3.05, 3.63) is 23.8 Å². The van der Waals surface area contributed by atoms with Crippen molar-refractivity contribution >= 4 is 23.5 Å². The molecule has 0 N–H and O–H groups in total. The van der Waals surface area contributed by atoms with Crippen LogP contribution in [0.5, 0.6) is 0 Å². The molecule has 30 heavy (non-hydrogen) atoms. The number of hydrogen-bond acceptors (Lipinski definition) is 6. The van der Waals surface area contributed by atoms with E-state index in [1.54, 1.807) is 0 Å². The Hall–Kier alpha value is -2.24. The topological polar surface area (TPSA) is 86.7 Å². The monoisotopic (exact) mass is 416 g/mol. The molecule has 0 aromatic rings. The number of rotatable bonds is 2. The predicted molar refractivity (Wildman–Crippen MR) is 110 cm³/mol. The van der Waals surface area contributed by atoms with Gasteiger partial charge < -0.3 is 9.47 Å². The van der Waals surface area contributed by atoms with Crippen LogP contribution < -0.4 is 0 Å². The number of carbonyl (C=O) groups excluding carboxylic acids is 4. The lowest BCUT2D eigenvalue weighted by atomic mass is 9.51. The predicted octanol–water partition coefficient (Wildman–Crippen LogP) is 3.73. The van der Waals surface area contributed by atoms with Crippen LogP contribution in [0.2, 0.25) is 0 Å². The van der Waals surface area contributed by atoms with E-state index in [0.717, 1.165) is 6.42 Å². The van der Waals surface area contributed by atoms with Gasteiger partial charge in [-0.25, -0.2) is 0 Å². The van der Waals surface area contributed by atoms with Crippen molar-refractivity contribution in [2.24, 2.45) is 22.7 Å². The molecule has 0 spiro atoms. The number of carbonyl (C=O) groups is 4. The second-order valence-corrected chi connectivity index (χ2v) is 9.84. The van der Waals surface area contributed by atoms with Gasteiger partial charge in [0, 0.05) is 31.8 Å². The van der Waals surface area contributed by atoms with Gasteiger partial charge in [-0.2, -0.15) is 0 Å². The molecular weight excluding hydrogens is 384 g/mol. The molecule has 0 radical (unpaired) electrons. The normalized spacial score (nSPS) is 35.9. The fourth-order valence-electron chi connectivity index (χ4n) is 5.80. The molecule has 5 unspecified atom stereocenters. The third-order valence-electron chi connectivity index (χ3n) is 7.47. The zero-order chi connectivity index (χ0) is 22.4. The van der Waals surface area contributed by atoms with Crippen LogP contribution in [0.1, 0.15) is 66.7 Å². The maximum atomic E-state index is 13.6. The highest BCUT2D eigenvalue weighted by Gasteiger charge is 2.58. The van der Waals surface area contributed by atoms with E-state index in [4.69, 9.17) is 9.47 Å². The lowest BCUT2D eigenvalue weighted by Crippen LogP contribution is -2.57. The molecule has 5 atom stereocenters. The molecule has 6 nitrogen and oxygen atoms in total. The number of hydrogen-bond donors (Lipinski definition) is 0. The number of ketones is 2. The van der Waals surface area contributed by atoms with Gasteiger partial charge in [0.05, 0.1) is 5.41 Å². The first kappa shape index (κ1) is 22.4. The minimum atomic E-state index is -0.923. The molecule has 2 bridgehead atoms. The largest absolute Gasteiger partial charge is 0.461 e. The zero-order valence-corrected chi connectivity index (χ0v) is 18.6. The van der Waals surface area contributed by atoms with Gasteiger partial charge in [0.25, 0.3) is 0 Å². The molecule has 0 amide bonds. The average molecular weight is 417 g/mol. The van der Waals surface area contributed by atoms with Crippen LogP contribution in [0.3, 0.4) is 0 Å². The highest BCUT2D eigenvalue weighted by atomic mass is 16.5. The highest BCUT2D eigenvalue weighted by Crippen LogP contribution is 2.56. The Morgan fingerprint density at radius 2 is 1.70 bits per heavy atom. The number of Topliss-reactive ketones (excluding diaryl/α,β-unsaturated/α-hetero) is 2. The Morgan fingerprint density at radius 3 is 2.30 bits per heavy atom. The minimum absolute atomic E-state index is 0.0251. The quantitative estimate of drug-likeness (QED) is 0.504. The summed E-state index contributed by atoms with van der Waals surface area (Å²) in [6.07, 6.45) is 2.97. The summed E-state index contributed by atoms with van der Waals surface area (Å²) < 4.78 is 11.3. The van der Waals surface area contributed by atoms with Gasteiger partial charge in [-0.1, -0.05) is 26.5 Å². The van der Waals surface area contributed by atoms with Crippen LogP contribution in [-0.2, 0) is 28.7 Å². The molecule has 0 saturated heterocycles. The number of ether oxygens (including phenoxy) is 2. The molecular formula is C24H32O6. The lowest BCUT2D eigenvalue weighted by molar-refractivity contribution is -0.178. The van der Waals surface area contributed by atoms with Crippen molar-refractivity contribution in [2.75, 3.05) is 0 Å². The first-order valence-electron chi connectivity index (χ1n) is 10.7. The maximum absolute atomic E-state index is 13.6. The van der Waals surface area contributed by atoms with Crippen LogP contribution in [0.4, 0.5) is 0 Å². The molecule has 0 aromatic heterocycles. The summed E-state index contributed by atoms with van der Waals surface area (Å²) in [5, 5.41) is 0. The lowest BCUT2D eigenvalue weighted by Gasteiger charge is -2.54. The van der Waals surface area contributed by atoms with Gasteiger partial charge in [0.2, 0.25) is 0 Å². The molecule has 1 saturated carbocycles. The Morgan fingerprint density at radius 1 is 1.07 bits per heavy atom. The number of esters is 2. The van der Waals surface area contributed by atoms with Gasteiger partial charge in [0.1, 0.15) is 18.0 Å². The summed E-state index contributed by atoms with van der Waals surface area (Å²) in [5.74, 6) is -1.52. The fraction of sp³-hybridized carbons (Fsp3) is 0.667. The van der Waals surface area contributed by atoms with E-state index in [9.17, 15) is 19.2 Å². The van der Waals surface area contributed by atoms with E-state index in [0.29, 0.717) is 30.4 Å². The van der Waals surface area contributed by atoms with Crippen LogP contribution in [-0.4, -0.2) is 35.7 Å². The van der Waals surface area contributed by atoms with E-state index in [1.807, 2.05) is 13.0 Å². The SMILES string of the molecule is C=C1C(=O)C2=CC1CCC(=O)C1(C)C(OC(C)=O)CCC(C)(C)C1CC2OC(C)=O. The van der Waals surface area contributed by atoms with Crippen LogP contribution in [0.15, 0.2) is 23.8 Å². The minimum Gasteiger partial charge on any atom is -0.461 e. The van der Waals surface area contributed by atoms with Crippen molar-refractivity contribution in [1.29, 1.82) is 0 Å².